The van der Waals surface area contributed by atoms with Crippen LogP contribution >= 0.6 is 0 Å². The van der Waals surface area contributed by atoms with E-state index in [0.29, 0.717) is 51.4 Å². The number of ether oxygens (including phenoxy) is 12. The molecular formula is C64H104O31. The van der Waals surface area contributed by atoms with Gasteiger partial charge in [0.15, 0.2) is 31.5 Å². The van der Waals surface area contributed by atoms with Crippen LogP contribution in [0.2, 0.25) is 0 Å². The Hall–Kier alpha value is -1.95. The van der Waals surface area contributed by atoms with Gasteiger partial charge in [-0.3, -0.25) is 4.79 Å². The van der Waals surface area contributed by atoms with Crippen LogP contribution in [0.5, 0.6) is 0 Å². The fourth-order valence-electron chi connectivity index (χ4n) is 18.8. The highest BCUT2D eigenvalue weighted by Gasteiger charge is 2.71. The van der Waals surface area contributed by atoms with E-state index in [1.807, 2.05) is 6.92 Å². The second-order valence-electron chi connectivity index (χ2n) is 30.8. The van der Waals surface area contributed by atoms with Crippen molar-refractivity contribution >= 4 is 5.97 Å². The lowest BCUT2D eigenvalue weighted by Gasteiger charge is -2.71. The van der Waals surface area contributed by atoms with E-state index >= 15 is 0 Å². The maximum atomic E-state index is 14.8. The standard InChI is InChI=1S/C64H104O31/c1-25-36(70)50(93-52-44(78)40(74)32(23-85-52)90-53-47(81)43(77)49(31(21-67)89-53)92-54-45(79)41(75)38(72)29(19-65)87-54)48(82)56(86-25)94-51-37(71)28(69)22-84-57(51)91-35-11-12-60(4)33(61(35,5)24-68)10-13-63(7)34(60)9-8-26-27-18-59(2,3)14-16-64(27,17-15-62(26,63)6)58(83)95-55-46(80)42(76)39(73)30(20-66)88-55/h8,25,27-57,65-82H,9-24H2,1-7H3/t25-,27-,28+,29+,30+,31+,32+,33+,34+,35-,36-,37+,38+,39+,40+,41-,42-,43+,44+,45+,46+,47+,48+,49+,50+,51-,52-,53-,54-,55-,56-,57-,60-,61-,62+,63+,64-/m0/s1. The van der Waals surface area contributed by atoms with Crippen LogP contribution in [0.25, 0.3) is 0 Å². The first kappa shape index (κ1) is 74.2. The molecule has 0 radical (unpaired) electrons. The third kappa shape index (κ3) is 12.7. The number of fused-ring (bicyclic) bond motifs is 7. The monoisotopic (exact) mass is 1370 g/mol. The molecule has 0 amide bonds. The fourth-order valence-corrected chi connectivity index (χ4v) is 18.8. The Balaban J connectivity index is 0.744. The first-order valence-corrected chi connectivity index (χ1v) is 33.7. The Kier molecular flexibility index (Phi) is 21.9. The predicted octanol–water partition coefficient (Wildman–Crippen LogP) is -5.11. The molecule has 5 aliphatic carbocycles. The van der Waals surface area contributed by atoms with Crippen molar-refractivity contribution < 1.29 is 154 Å². The molecule has 546 valence electrons. The van der Waals surface area contributed by atoms with E-state index in [1.54, 1.807) is 0 Å². The van der Waals surface area contributed by atoms with Crippen molar-refractivity contribution in [3.63, 3.8) is 0 Å². The maximum Gasteiger partial charge on any atom is 0.315 e. The predicted molar refractivity (Wildman–Crippen MR) is 316 cm³/mol. The van der Waals surface area contributed by atoms with Gasteiger partial charge in [0.25, 0.3) is 0 Å². The SMILES string of the molecule is C[C@@H]1O[C@@H](O[C@@H]2[C@H](O[C@H]3CC[C@@]4(C)[C@@H](CC[C@]5(C)[C@@H]4CC=C4[C@@H]6CC(C)(C)CC[C@]6(C(=O)O[C@@H]6O[C@H](CO)[C@@H](O)[C@H](O)[C@H]6O)CC[C@]45C)[C@]3(C)CO)OC[C@@H](O)[C@H]2O)[C@H](O)[C@H](O[C@@H]2OC[C@@H](O[C@@H]3O[C@H](CO)[C@@H](O[C@@H]4O[C@H](CO)[C@@H](O)[C@H](O)[C@H]4O)[C@H](O)[C@H]3O)[C@@H](O)[C@H]2O)[C@H]1O. The molecule has 6 saturated heterocycles. The Bertz CT molecular complexity index is 2660. The molecule has 4 saturated carbocycles. The minimum absolute atomic E-state index is 0.101. The molecule has 11 rings (SSSR count). The molecule has 0 aromatic heterocycles. The van der Waals surface area contributed by atoms with E-state index in [2.05, 4.69) is 40.7 Å². The van der Waals surface area contributed by atoms with Gasteiger partial charge in [0, 0.05) is 5.41 Å². The first-order valence-electron chi connectivity index (χ1n) is 33.7. The summed E-state index contributed by atoms with van der Waals surface area (Å²) in [6.45, 7) is 11.2. The highest BCUT2D eigenvalue weighted by Crippen LogP contribution is 2.76. The van der Waals surface area contributed by atoms with Crippen LogP contribution in [0, 0.1) is 50.2 Å². The van der Waals surface area contributed by atoms with E-state index in [1.165, 1.54) is 12.5 Å². The molecule has 0 bridgehead atoms. The van der Waals surface area contributed by atoms with Crippen molar-refractivity contribution in [3.05, 3.63) is 11.6 Å². The molecule has 0 aromatic rings. The maximum absolute atomic E-state index is 14.8. The van der Waals surface area contributed by atoms with E-state index < -0.39 is 221 Å². The third-order valence-electron chi connectivity index (χ3n) is 25.0. The van der Waals surface area contributed by atoms with Crippen molar-refractivity contribution in [1.82, 2.24) is 0 Å². The van der Waals surface area contributed by atoms with Crippen LogP contribution in [0.3, 0.4) is 0 Å². The van der Waals surface area contributed by atoms with Gasteiger partial charge < -0.3 is 149 Å². The van der Waals surface area contributed by atoms with Gasteiger partial charge in [-0.1, -0.05) is 53.2 Å². The van der Waals surface area contributed by atoms with Crippen LogP contribution in [0.15, 0.2) is 11.6 Å². The zero-order valence-corrected chi connectivity index (χ0v) is 54.7. The number of rotatable bonds is 16. The summed E-state index contributed by atoms with van der Waals surface area (Å²) in [7, 11) is 0. The number of allylic oxidation sites excluding steroid dienone is 2. The molecule has 6 aliphatic heterocycles. The summed E-state index contributed by atoms with van der Waals surface area (Å²) < 4.78 is 71.0. The topological polar surface area (TPSA) is 492 Å². The van der Waals surface area contributed by atoms with Gasteiger partial charge in [-0.25, -0.2) is 0 Å². The molecule has 31 heteroatoms. The van der Waals surface area contributed by atoms with Gasteiger partial charge in [-0.15, -0.1) is 0 Å². The molecule has 0 spiro atoms. The molecule has 31 nitrogen and oxygen atoms in total. The van der Waals surface area contributed by atoms with Crippen LogP contribution < -0.4 is 0 Å². The number of carbonyl (C=O) groups excluding carboxylic acids is 1. The molecule has 10 fully saturated rings. The summed E-state index contributed by atoms with van der Waals surface area (Å²) in [4.78, 5) is 14.8. The number of carbonyl (C=O) groups is 1. The number of esters is 1. The zero-order valence-electron chi connectivity index (χ0n) is 54.7. The minimum Gasteiger partial charge on any atom is -0.432 e. The van der Waals surface area contributed by atoms with Crippen LogP contribution in [0.4, 0.5) is 0 Å². The summed E-state index contributed by atoms with van der Waals surface area (Å²) in [6, 6.07) is 0. The highest BCUT2D eigenvalue weighted by atomic mass is 16.8. The lowest BCUT2D eigenvalue weighted by atomic mass is 9.33. The van der Waals surface area contributed by atoms with Gasteiger partial charge >= 0.3 is 5.97 Å². The summed E-state index contributed by atoms with van der Waals surface area (Å²) in [6.07, 6.45) is -39.4. The normalized spacial score (nSPS) is 54.8. The smallest absolute Gasteiger partial charge is 0.315 e. The number of aliphatic hydroxyl groups excluding tert-OH is 18. The van der Waals surface area contributed by atoms with Crippen LogP contribution in [-0.4, -0.2) is 316 Å². The van der Waals surface area contributed by atoms with E-state index in [0.717, 1.165) is 12.8 Å². The summed E-state index contributed by atoms with van der Waals surface area (Å²) in [5.74, 6) is -0.794. The second kappa shape index (κ2) is 28.0. The van der Waals surface area contributed by atoms with Crippen molar-refractivity contribution in [3.8, 4) is 0 Å². The molecular weight excluding hydrogens is 1260 g/mol. The first-order chi connectivity index (χ1) is 44.7. The highest BCUT2D eigenvalue weighted by molar-refractivity contribution is 5.79. The largest absolute Gasteiger partial charge is 0.432 e. The molecule has 18 N–H and O–H groups in total. The van der Waals surface area contributed by atoms with Crippen molar-refractivity contribution in [2.75, 3.05) is 39.6 Å². The molecule has 11 aliphatic rings. The number of aliphatic hydroxyl groups is 18. The third-order valence-corrected chi connectivity index (χ3v) is 25.0. The van der Waals surface area contributed by atoms with Crippen molar-refractivity contribution in [2.45, 2.75) is 291 Å². The average Bonchev–Trinajstić information content (AvgIpc) is 0.676. The number of hydrogen-bond acceptors (Lipinski definition) is 31. The van der Waals surface area contributed by atoms with Crippen LogP contribution in [-0.2, 0) is 61.6 Å². The minimum atomic E-state index is -2.01. The van der Waals surface area contributed by atoms with Gasteiger partial charge in [-0.05, 0) is 111 Å². The van der Waals surface area contributed by atoms with E-state index in [-0.39, 0.29) is 52.6 Å². The Morgan fingerprint density at radius 3 is 1.71 bits per heavy atom. The van der Waals surface area contributed by atoms with Crippen LogP contribution in [0.1, 0.15) is 113 Å². The molecule has 37 atom stereocenters. The Morgan fingerprint density at radius 1 is 0.495 bits per heavy atom. The molecule has 0 unspecified atom stereocenters. The van der Waals surface area contributed by atoms with Crippen molar-refractivity contribution in [2.24, 2.45) is 50.2 Å². The zero-order chi connectivity index (χ0) is 69.1. The Morgan fingerprint density at radius 2 is 1.05 bits per heavy atom. The fraction of sp³-hybridized carbons (Fsp3) is 0.953. The Labute approximate surface area is 550 Å². The average molecular weight is 1370 g/mol. The van der Waals surface area contributed by atoms with Gasteiger partial charge in [0.2, 0.25) is 6.29 Å². The van der Waals surface area contributed by atoms with Gasteiger partial charge in [0.1, 0.15) is 128 Å². The lowest BCUT2D eigenvalue weighted by Crippen LogP contribution is -2.67. The quantitative estimate of drug-likeness (QED) is 0.0390. The summed E-state index contributed by atoms with van der Waals surface area (Å²) in [5.41, 5.74) is -1.86. The van der Waals surface area contributed by atoms with Crippen molar-refractivity contribution in [1.29, 1.82) is 0 Å². The molecule has 6 heterocycles. The van der Waals surface area contributed by atoms with E-state index in [4.69, 9.17) is 56.8 Å². The van der Waals surface area contributed by atoms with Gasteiger partial charge in [0.05, 0.1) is 57.3 Å². The summed E-state index contributed by atoms with van der Waals surface area (Å²) >= 11 is 0. The van der Waals surface area contributed by atoms with E-state index in [9.17, 15) is 96.7 Å². The second-order valence-corrected chi connectivity index (χ2v) is 30.8. The number of hydrogen-bond donors (Lipinski definition) is 18. The lowest BCUT2D eigenvalue weighted by molar-refractivity contribution is -0.386. The molecule has 95 heavy (non-hydrogen) atoms. The van der Waals surface area contributed by atoms with Gasteiger partial charge in [-0.2, -0.15) is 0 Å². The molecule has 0 aromatic carbocycles. The summed E-state index contributed by atoms with van der Waals surface area (Å²) in [5, 5.41) is 195.